The number of fused-ring (bicyclic) bond motifs is 1. The number of hydrazine groups is 1. The Bertz CT molecular complexity index is 621. The Morgan fingerprint density at radius 3 is 2.81 bits per heavy atom. The topological polar surface area (TPSA) is 71.5 Å². The summed E-state index contributed by atoms with van der Waals surface area (Å²) in [6, 6.07) is 8.11. The average Bonchev–Trinajstić information content (AvgIpc) is 2.85. The average molecular weight is 289 g/mol. The summed E-state index contributed by atoms with van der Waals surface area (Å²) in [4.78, 5) is 14.2. The van der Waals surface area contributed by atoms with Crippen molar-refractivity contribution >= 4 is 16.9 Å². The van der Waals surface area contributed by atoms with Crippen LogP contribution in [-0.2, 0) is 6.54 Å². The molecule has 0 fully saturated rings. The number of nitrogens with two attached hydrogens (primary N) is 1. The molecule has 1 aromatic heterocycles. The van der Waals surface area contributed by atoms with Gasteiger partial charge in [-0.2, -0.15) is 0 Å². The van der Waals surface area contributed by atoms with E-state index in [0.29, 0.717) is 23.9 Å². The minimum absolute atomic E-state index is 0.300. The monoisotopic (exact) mass is 289 g/mol. The predicted molar refractivity (Wildman–Crippen MR) is 83.7 cm³/mol. The Morgan fingerprint density at radius 1 is 1.43 bits per heavy atom. The van der Waals surface area contributed by atoms with Crippen LogP contribution in [0.25, 0.3) is 11.0 Å². The van der Waals surface area contributed by atoms with Crippen LogP contribution in [0, 0.1) is 0 Å². The molecule has 0 bridgehead atoms. The Balaban J connectivity index is 2.38. The van der Waals surface area contributed by atoms with Crippen LogP contribution >= 0.6 is 0 Å². The molecule has 1 aromatic carbocycles. The van der Waals surface area contributed by atoms with Gasteiger partial charge in [0.1, 0.15) is 5.58 Å². The van der Waals surface area contributed by atoms with E-state index in [0.717, 1.165) is 23.8 Å². The largest absolute Gasteiger partial charge is 0.451 e. The number of para-hydroxylation sites is 1. The third-order valence-corrected chi connectivity index (χ3v) is 3.90. The number of nitrogens with zero attached hydrogens (tertiary/aromatic N) is 1. The lowest BCUT2D eigenvalue weighted by Gasteiger charge is -2.24. The van der Waals surface area contributed by atoms with Crippen molar-refractivity contribution in [3.05, 3.63) is 35.6 Å². The van der Waals surface area contributed by atoms with Crippen molar-refractivity contribution in [2.75, 3.05) is 7.05 Å². The van der Waals surface area contributed by atoms with Gasteiger partial charge in [-0.3, -0.25) is 15.1 Å². The molecule has 1 unspecified atom stereocenters. The number of carbonyl (C=O) groups is 1. The number of hydrogen-bond donors (Lipinski definition) is 2. The van der Waals surface area contributed by atoms with E-state index in [9.17, 15) is 4.79 Å². The van der Waals surface area contributed by atoms with Crippen LogP contribution in [0.2, 0.25) is 0 Å². The molecule has 2 aromatic rings. The number of benzene rings is 1. The van der Waals surface area contributed by atoms with Gasteiger partial charge in [0.2, 0.25) is 0 Å². The lowest BCUT2D eigenvalue weighted by atomic mass is 10.1. The Labute approximate surface area is 125 Å². The number of amides is 1. The van der Waals surface area contributed by atoms with E-state index in [-0.39, 0.29) is 0 Å². The second-order valence-electron chi connectivity index (χ2n) is 5.43. The number of rotatable bonds is 6. The van der Waals surface area contributed by atoms with Gasteiger partial charge in [0.05, 0.1) is 0 Å². The molecule has 5 heteroatoms. The molecule has 21 heavy (non-hydrogen) atoms. The normalized spacial score (nSPS) is 12.8. The van der Waals surface area contributed by atoms with E-state index in [1.165, 1.54) is 0 Å². The molecule has 1 amide bonds. The maximum Gasteiger partial charge on any atom is 0.301 e. The van der Waals surface area contributed by atoms with Gasteiger partial charge in [-0.05, 0) is 26.5 Å². The van der Waals surface area contributed by atoms with E-state index in [1.54, 1.807) is 0 Å². The summed E-state index contributed by atoms with van der Waals surface area (Å²) in [6.07, 6.45) is 2.25. The van der Waals surface area contributed by atoms with E-state index in [2.05, 4.69) is 31.2 Å². The second-order valence-corrected chi connectivity index (χ2v) is 5.43. The van der Waals surface area contributed by atoms with Crippen molar-refractivity contribution in [2.45, 2.75) is 39.3 Å². The first-order valence-corrected chi connectivity index (χ1v) is 7.30. The minimum Gasteiger partial charge on any atom is -0.451 e. The molecule has 0 aliphatic heterocycles. The molecule has 2 rings (SSSR count). The summed E-state index contributed by atoms with van der Waals surface area (Å²) < 4.78 is 5.67. The van der Waals surface area contributed by atoms with Crippen molar-refractivity contribution in [3.8, 4) is 0 Å². The summed E-state index contributed by atoms with van der Waals surface area (Å²) in [5, 5.41) is 0.964. The highest BCUT2D eigenvalue weighted by molar-refractivity contribution is 5.98. The summed E-state index contributed by atoms with van der Waals surface area (Å²) in [7, 11) is 2.06. The molecule has 0 aliphatic rings. The SMILES string of the molecule is CCCC(C)N(C)Cc1c(C(=O)NN)oc2ccccc12. The predicted octanol–water partition coefficient (Wildman–Crippen LogP) is 2.66. The van der Waals surface area contributed by atoms with E-state index in [4.69, 9.17) is 10.3 Å². The smallest absolute Gasteiger partial charge is 0.301 e. The van der Waals surface area contributed by atoms with Crippen LogP contribution in [0.3, 0.4) is 0 Å². The highest BCUT2D eigenvalue weighted by atomic mass is 16.3. The van der Waals surface area contributed by atoms with Crippen LogP contribution in [0.4, 0.5) is 0 Å². The molecule has 0 saturated carbocycles. The summed E-state index contributed by atoms with van der Waals surface area (Å²) in [6.45, 7) is 5.01. The fourth-order valence-corrected chi connectivity index (χ4v) is 2.55. The van der Waals surface area contributed by atoms with Crippen LogP contribution in [0.15, 0.2) is 28.7 Å². The Kier molecular flexibility index (Phi) is 4.98. The van der Waals surface area contributed by atoms with Gasteiger partial charge in [0.25, 0.3) is 0 Å². The zero-order valence-corrected chi connectivity index (χ0v) is 12.8. The van der Waals surface area contributed by atoms with Gasteiger partial charge < -0.3 is 4.42 Å². The molecule has 0 aliphatic carbocycles. The first-order valence-electron chi connectivity index (χ1n) is 7.30. The van der Waals surface area contributed by atoms with Crippen molar-refractivity contribution < 1.29 is 9.21 Å². The fraction of sp³-hybridized carbons (Fsp3) is 0.438. The summed E-state index contributed by atoms with van der Waals surface area (Å²) in [5.41, 5.74) is 3.76. The van der Waals surface area contributed by atoms with Crippen molar-refractivity contribution in [2.24, 2.45) is 5.84 Å². The minimum atomic E-state index is -0.391. The molecule has 0 saturated heterocycles. The number of nitrogen functional groups attached to an aromatic ring is 1. The van der Waals surface area contributed by atoms with Gasteiger partial charge in [0, 0.05) is 23.5 Å². The van der Waals surface area contributed by atoms with E-state index < -0.39 is 5.91 Å². The molecule has 0 radical (unpaired) electrons. The maximum atomic E-state index is 11.9. The van der Waals surface area contributed by atoms with E-state index in [1.807, 2.05) is 24.3 Å². The van der Waals surface area contributed by atoms with Crippen LogP contribution in [0.1, 0.15) is 42.8 Å². The molecule has 5 nitrogen and oxygen atoms in total. The number of furan rings is 1. The number of nitrogens with one attached hydrogen (secondary N) is 1. The van der Waals surface area contributed by atoms with Crippen molar-refractivity contribution in [1.29, 1.82) is 0 Å². The van der Waals surface area contributed by atoms with E-state index >= 15 is 0 Å². The summed E-state index contributed by atoms with van der Waals surface area (Å²) >= 11 is 0. The lowest BCUT2D eigenvalue weighted by molar-refractivity contribution is 0.0925. The highest BCUT2D eigenvalue weighted by Crippen LogP contribution is 2.27. The molecule has 0 spiro atoms. The van der Waals surface area contributed by atoms with Gasteiger partial charge in [-0.25, -0.2) is 5.84 Å². The van der Waals surface area contributed by atoms with Gasteiger partial charge in [-0.1, -0.05) is 31.5 Å². The van der Waals surface area contributed by atoms with Crippen molar-refractivity contribution in [1.82, 2.24) is 10.3 Å². The quantitative estimate of drug-likeness (QED) is 0.487. The first kappa shape index (κ1) is 15.5. The molecule has 1 heterocycles. The molecular weight excluding hydrogens is 266 g/mol. The van der Waals surface area contributed by atoms with Crippen LogP contribution in [0.5, 0.6) is 0 Å². The molecule has 3 N–H and O–H groups in total. The summed E-state index contributed by atoms with van der Waals surface area (Å²) in [5.74, 6) is 5.17. The number of carbonyl (C=O) groups excluding carboxylic acids is 1. The maximum absolute atomic E-state index is 11.9. The lowest BCUT2D eigenvalue weighted by Crippen LogP contribution is -2.32. The zero-order valence-electron chi connectivity index (χ0n) is 12.8. The van der Waals surface area contributed by atoms with Gasteiger partial charge in [-0.15, -0.1) is 0 Å². The zero-order chi connectivity index (χ0) is 15.4. The molecule has 114 valence electrons. The van der Waals surface area contributed by atoms with Crippen molar-refractivity contribution in [3.63, 3.8) is 0 Å². The van der Waals surface area contributed by atoms with Gasteiger partial charge in [0.15, 0.2) is 5.76 Å². The highest BCUT2D eigenvalue weighted by Gasteiger charge is 2.22. The molecular formula is C16H23N3O2. The third kappa shape index (κ3) is 3.25. The fourth-order valence-electron chi connectivity index (χ4n) is 2.55. The van der Waals surface area contributed by atoms with Crippen LogP contribution < -0.4 is 11.3 Å². The van der Waals surface area contributed by atoms with Crippen LogP contribution in [-0.4, -0.2) is 23.9 Å². The Morgan fingerprint density at radius 2 is 2.14 bits per heavy atom. The second kappa shape index (κ2) is 6.74. The Hall–Kier alpha value is -1.85. The third-order valence-electron chi connectivity index (χ3n) is 3.90. The van der Waals surface area contributed by atoms with Gasteiger partial charge >= 0.3 is 5.91 Å². The molecule has 1 atom stereocenters. The standard InChI is InChI=1S/C16H23N3O2/c1-4-7-11(2)19(3)10-13-12-8-5-6-9-14(12)21-15(13)16(20)18-17/h5-6,8-9,11H,4,7,10,17H2,1-3H3,(H,18,20). The number of hydrogen-bond acceptors (Lipinski definition) is 4. The first-order chi connectivity index (χ1) is 10.1.